The van der Waals surface area contributed by atoms with Crippen molar-refractivity contribution >= 4 is 17.9 Å². The maximum Gasteiger partial charge on any atom is 0.405 e. The van der Waals surface area contributed by atoms with Crippen molar-refractivity contribution in [2.75, 3.05) is 0 Å². The minimum absolute atomic E-state index is 0.0689. The number of hydrogen-bond donors (Lipinski definition) is 3. The van der Waals surface area contributed by atoms with Gasteiger partial charge in [-0.15, -0.1) is 0 Å². The summed E-state index contributed by atoms with van der Waals surface area (Å²) in [6, 6.07) is 0. The molecule has 0 spiro atoms. The van der Waals surface area contributed by atoms with Gasteiger partial charge < -0.3 is 15.3 Å². The van der Waals surface area contributed by atoms with Gasteiger partial charge in [0.15, 0.2) is 5.41 Å². The summed E-state index contributed by atoms with van der Waals surface area (Å²) in [7, 11) is 0. The summed E-state index contributed by atoms with van der Waals surface area (Å²) in [5, 5.41) is 30.2. The first kappa shape index (κ1) is 22.9. The van der Waals surface area contributed by atoms with Crippen molar-refractivity contribution in [1.29, 1.82) is 0 Å². The number of carbonyl (C=O) groups is 3. The average Bonchev–Trinajstić information content (AvgIpc) is 3.58. The summed E-state index contributed by atoms with van der Waals surface area (Å²) < 4.78 is 42.7. The van der Waals surface area contributed by atoms with Gasteiger partial charge in [0.25, 0.3) is 0 Å². The molecule has 0 aromatic heterocycles. The van der Waals surface area contributed by atoms with Gasteiger partial charge in [-0.1, -0.05) is 36.5 Å². The predicted octanol–water partition coefficient (Wildman–Crippen LogP) is 4.68. The lowest BCUT2D eigenvalue weighted by Crippen LogP contribution is -2.51. The van der Waals surface area contributed by atoms with Gasteiger partial charge in [-0.25, -0.2) is 0 Å². The molecule has 3 saturated carbocycles. The minimum atomic E-state index is -4.98. The fraction of sp³-hybridized carbons (Fsp3) is 0.654. The van der Waals surface area contributed by atoms with Crippen molar-refractivity contribution in [3.63, 3.8) is 0 Å². The van der Waals surface area contributed by atoms with E-state index in [-0.39, 0.29) is 37.5 Å². The van der Waals surface area contributed by atoms with Gasteiger partial charge in [-0.05, 0) is 62.2 Å². The molecule has 0 heterocycles. The van der Waals surface area contributed by atoms with E-state index in [0.29, 0.717) is 6.42 Å². The SMILES string of the molecule is O=C(O)C1CC2(CC3(C(=O)O)CC4C=CC3C4)C=CC1([C@]13C=CC(C1)C(C(=O)O)(C(F)(F)F)C3)C2. The molecule has 6 aliphatic rings. The summed E-state index contributed by atoms with van der Waals surface area (Å²) in [4.78, 5) is 37.1. The molecule has 6 nitrogen and oxygen atoms in total. The molecule has 8 unspecified atom stereocenters. The van der Waals surface area contributed by atoms with E-state index in [0.717, 1.165) is 6.42 Å². The highest BCUT2D eigenvalue weighted by Gasteiger charge is 2.79. The Balaban J connectivity index is 1.41. The number of carboxylic acid groups (broad SMARTS) is 3. The molecule has 9 heteroatoms. The van der Waals surface area contributed by atoms with Crippen molar-refractivity contribution in [1.82, 2.24) is 0 Å². The molecule has 0 saturated heterocycles. The highest BCUT2D eigenvalue weighted by atomic mass is 19.4. The van der Waals surface area contributed by atoms with Gasteiger partial charge in [-0.2, -0.15) is 13.2 Å². The van der Waals surface area contributed by atoms with Crippen molar-refractivity contribution < 1.29 is 42.9 Å². The first-order valence-corrected chi connectivity index (χ1v) is 12.1. The fourth-order valence-corrected chi connectivity index (χ4v) is 9.40. The van der Waals surface area contributed by atoms with Crippen LogP contribution < -0.4 is 0 Å². The Morgan fingerprint density at radius 1 is 0.857 bits per heavy atom. The maximum absolute atomic E-state index is 14.2. The van der Waals surface area contributed by atoms with Crippen molar-refractivity contribution in [2.45, 2.75) is 51.1 Å². The van der Waals surface area contributed by atoms with E-state index in [2.05, 4.69) is 0 Å². The molecule has 6 rings (SSSR count). The average molecular weight is 492 g/mol. The van der Waals surface area contributed by atoms with E-state index in [1.165, 1.54) is 6.08 Å². The van der Waals surface area contributed by atoms with Gasteiger partial charge >= 0.3 is 24.1 Å². The van der Waals surface area contributed by atoms with Crippen LogP contribution in [-0.2, 0) is 14.4 Å². The van der Waals surface area contributed by atoms with Gasteiger partial charge in [0.05, 0.1) is 11.3 Å². The second-order valence-corrected chi connectivity index (χ2v) is 12.1. The Bertz CT molecular complexity index is 1140. The summed E-state index contributed by atoms with van der Waals surface area (Å²) in [5.74, 6) is -6.18. The first-order valence-electron chi connectivity index (χ1n) is 12.1. The second kappa shape index (κ2) is 6.40. The molecule has 9 atom stereocenters. The lowest BCUT2D eigenvalue weighted by Gasteiger charge is -2.46. The van der Waals surface area contributed by atoms with Crippen LogP contribution in [0.15, 0.2) is 36.5 Å². The van der Waals surface area contributed by atoms with E-state index in [1.807, 2.05) is 18.2 Å². The standard InChI is InChI=1S/C26H27F3O6/c27-26(28,29)25(20(34)35)13-22(4-3-16(25)9-22)24-6-5-21(12-24,10-17(24)18(30)31)11-23(19(32)33)8-14-1-2-15(23)7-14/h1-6,14-17H,7-13H2,(H,30,31)(H,32,33)(H,34,35)/t14?,15?,16?,17?,21?,22-,23?,24?,25?/m1/s1. The van der Waals surface area contributed by atoms with Gasteiger partial charge in [0.1, 0.15) is 0 Å². The number of rotatable bonds is 6. The van der Waals surface area contributed by atoms with Crippen LogP contribution in [0, 0.1) is 50.7 Å². The summed E-state index contributed by atoms with van der Waals surface area (Å²) in [6.45, 7) is 0. The van der Waals surface area contributed by atoms with Crippen LogP contribution in [0.25, 0.3) is 0 Å². The van der Waals surface area contributed by atoms with Crippen LogP contribution in [0.5, 0.6) is 0 Å². The summed E-state index contributed by atoms with van der Waals surface area (Å²) in [6.07, 6.45) is 6.64. The predicted molar refractivity (Wildman–Crippen MR) is 115 cm³/mol. The van der Waals surface area contributed by atoms with Crippen molar-refractivity contribution in [3.8, 4) is 0 Å². The van der Waals surface area contributed by atoms with E-state index in [1.54, 1.807) is 12.2 Å². The molecule has 6 aliphatic carbocycles. The Morgan fingerprint density at radius 2 is 1.60 bits per heavy atom. The molecule has 3 N–H and O–H groups in total. The third-order valence-electron chi connectivity index (χ3n) is 10.8. The fourth-order valence-electron chi connectivity index (χ4n) is 9.40. The highest BCUT2D eigenvalue weighted by Crippen LogP contribution is 2.78. The Morgan fingerprint density at radius 3 is 2.11 bits per heavy atom. The molecule has 0 aromatic rings. The lowest BCUT2D eigenvalue weighted by molar-refractivity contribution is -0.240. The number of aliphatic carboxylic acids is 3. The third-order valence-corrected chi connectivity index (χ3v) is 10.8. The number of carboxylic acids is 3. The quantitative estimate of drug-likeness (QED) is 0.464. The zero-order chi connectivity index (χ0) is 25.2. The first-order chi connectivity index (χ1) is 16.2. The Labute approximate surface area is 199 Å². The van der Waals surface area contributed by atoms with E-state index in [9.17, 15) is 42.9 Å². The Hall–Kier alpha value is -2.58. The van der Waals surface area contributed by atoms with Crippen LogP contribution in [0.3, 0.4) is 0 Å². The molecule has 0 aliphatic heterocycles. The maximum atomic E-state index is 14.2. The molecular formula is C26H27F3O6. The Kier molecular flexibility index (Phi) is 4.18. The number of alkyl halides is 3. The molecule has 0 radical (unpaired) electrons. The molecule has 3 fully saturated rings. The van der Waals surface area contributed by atoms with Crippen LogP contribution in [-0.4, -0.2) is 39.4 Å². The largest absolute Gasteiger partial charge is 0.481 e. The monoisotopic (exact) mass is 492 g/mol. The van der Waals surface area contributed by atoms with E-state index in [4.69, 9.17) is 0 Å². The number of halogens is 3. The van der Waals surface area contributed by atoms with Gasteiger partial charge in [-0.3, -0.25) is 14.4 Å². The number of fused-ring (bicyclic) bond motifs is 7. The van der Waals surface area contributed by atoms with Crippen LogP contribution in [0.2, 0.25) is 0 Å². The molecule has 6 bridgehead atoms. The molecular weight excluding hydrogens is 465 g/mol. The zero-order valence-corrected chi connectivity index (χ0v) is 18.9. The van der Waals surface area contributed by atoms with E-state index < -0.39 is 69.4 Å². The molecule has 0 aromatic carbocycles. The lowest BCUT2D eigenvalue weighted by atomic mass is 9.56. The number of hydrogen-bond acceptors (Lipinski definition) is 3. The zero-order valence-electron chi connectivity index (χ0n) is 18.9. The topological polar surface area (TPSA) is 112 Å². The normalized spacial score (nSPS) is 50.5. The third kappa shape index (κ3) is 2.49. The van der Waals surface area contributed by atoms with Crippen molar-refractivity contribution in [2.24, 2.45) is 50.7 Å². The van der Waals surface area contributed by atoms with Crippen LogP contribution in [0.1, 0.15) is 44.9 Å². The summed E-state index contributed by atoms with van der Waals surface area (Å²) in [5.41, 5.74) is -7.16. The van der Waals surface area contributed by atoms with E-state index >= 15 is 0 Å². The van der Waals surface area contributed by atoms with Crippen LogP contribution >= 0.6 is 0 Å². The molecule has 0 amide bonds. The highest BCUT2D eigenvalue weighted by molar-refractivity contribution is 5.80. The summed E-state index contributed by atoms with van der Waals surface area (Å²) >= 11 is 0. The van der Waals surface area contributed by atoms with Crippen LogP contribution in [0.4, 0.5) is 13.2 Å². The molecule has 35 heavy (non-hydrogen) atoms. The number of allylic oxidation sites excluding steroid dienone is 6. The minimum Gasteiger partial charge on any atom is -0.481 e. The smallest absolute Gasteiger partial charge is 0.405 e. The molecule has 188 valence electrons. The van der Waals surface area contributed by atoms with Crippen molar-refractivity contribution in [3.05, 3.63) is 36.5 Å². The van der Waals surface area contributed by atoms with Gasteiger partial charge in [0.2, 0.25) is 0 Å². The van der Waals surface area contributed by atoms with Gasteiger partial charge in [0, 0.05) is 16.7 Å². The second-order valence-electron chi connectivity index (χ2n) is 12.1.